The number of hydrogen-bond donors (Lipinski definition) is 2. The number of nitrogens with one attached hydrogen (secondary N) is 2. The third-order valence-corrected chi connectivity index (χ3v) is 9.42. The molecule has 2 fully saturated rings. The maximum atomic E-state index is 6.58. The Balaban J connectivity index is 0.955. The van der Waals surface area contributed by atoms with E-state index in [2.05, 4.69) is 83.2 Å². The summed E-state index contributed by atoms with van der Waals surface area (Å²) in [6.07, 6.45) is 2.97. The van der Waals surface area contributed by atoms with Gasteiger partial charge in [0.25, 0.3) is 0 Å². The topological polar surface area (TPSA) is 73.5 Å². The zero-order chi connectivity index (χ0) is 33.0. The van der Waals surface area contributed by atoms with E-state index in [1.165, 1.54) is 21.9 Å². The molecule has 0 spiro atoms. The van der Waals surface area contributed by atoms with Crippen molar-refractivity contribution in [2.45, 2.75) is 50.5 Å². The highest BCUT2D eigenvalue weighted by atomic mass is 16.5. The fourth-order valence-corrected chi connectivity index (χ4v) is 6.71. The van der Waals surface area contributed by atoms with Gasteiger partial charge in [-0.25, -0.2) is 0 Å². The first-order chi connectivity index (χ1) is 23.6. The Kier molecular flexibility index (Phi) is 12.6. The lowest BCUT2D eigenvalue weighted by molar-refractivity contribution is 0.0106. The average molecular weight is 654 g/mol. The summed E-state index contributed by atoms with van der Waals surface area (Å²) >= 11 is 0. The summed E-state index contributed by atoms with van der Waals surface area (Å²) in [6, 6.07) is 30.0. The van der Waals surface area contributed by atoms with Crippen LogP contribution < -0.4 is 24.8 Å². The fourth-order valence-electron chi connectivity index (χ4n) is 6.71. The molecule has 0 saturated carbocycles. The Hall–Kier alpha value is -3.66. The van der Waals surface area contributed by atoms with Gasteiger partial charge in [0, 0.05) is 50.1 Å². The van der Waals surface area contributed by atoms with E-state index in [-0.39, 0.29) is 6.10 Å². The van der Waals surface area contributed by atoms with Gasteiger partial charge in [-0.1, -0.05) is 48.5 Å². The molecule has 256 valence electrons. The molecule has 0 radical (unpaired) electrons. The second-order valence-corrected chi connectivity index (χ2v) is 13.0. The van der Waals surface area contributed by atoms with Crippen LogP contribution in [0.15, 0.2) is 84.9 Å². The van der Waals surface area contributed by atoms with Crippen molar-refractivity contribution in [3.63, 3.8) is 0 Å². The third kappa shape index (κ3) is 9.71. The van der Waals surface area contributed by atoms with Gasteiger partial charge in [0.2, 0.25) is 0 Å². The van der Waals surface area contributed by atoms with E-state index in [1.807, 2.05) is 24.3 Å². The predicted octanol–water partition coefficient (Wildman–Crippen LogP) is 6.17. The number of methoxy groups -OCH3 is 1. The Morgan fingerprint density at radius 1 is 0.812 bits per heavy atom. The fraction of sp³-hybridized carbons (Fsp3) is 0.450. The molecular weight excluding hydrogens is 602 g/mol. The molecule has 6 rings (SSSR count). The standard InChI is InChI=1S/C40H51N3O5/c1-43-20-19-42-35(27-43)17-23-47-37-15-10-31-9-8-30(24-34(31)25-37)28-48-40-26-41-18-16-38(40)32-11-13-36(14-12-32)46-22-5-21-45-29-33-6-3-4-7-39(33)44-2/h3-4,6-15,24-25,35,38,40-42H,5,16-23,26-29H2,1-2H3/t35?,38-,40+/m1/s1. The van der Waals surface area contributed by atoms with Crippen molar-refractivity contribution < 1.29 is 23.7 Å². The first-order valence-electron chi connectivity index (χ1n) is 17.5. The van der Waals surface area contributed by atoms with E-state index >= 15 is 0 Å². The van der Waals surface area contributed by atoms with Crippen molar-refractivity contribution in [2.24, 2.45) is 0 Å². The summed E-state index contributed by atoms with van der Waals surface area (Å²) in [5, 5.41) is 9.52. The molecule has 2 aliphatic heterocycles. The van der Waals surface area contributed by atoms with Crippen molar-refractivity contribution in [2.75, 3.05) is 66.7 Å². The number of piperidine rings is 1. The van der Waals surface area contributed by atoms with Crippen LogP contribution in [0.5, 0.6) is 17.2 Å². The largest absolute Gasteiger partial charge is 0.496 e. The van der Waals surface area contributed by atoms with Crippen LogP contribution in [0.25, 0.3) is 10.8 Å². The number of benzene rings is 4. The Morgan fingerprint density at radius 2 is 1.65 bits per heavy atom. The number of fused-ring (bicyclic) bond motifs is 1. The number of para-hydroxylation sites is 1. The van der Waals surface area contributed by atoms with Gasteiger partial charge in [-0.2, -0.15) is 0 Å². The monoisotopic (exact) mass is 653 g/mol. The van der Waals surface area contributed by atoms with Gasteiger partial charge < -0.3 is 39.2 Å². The molecule has 8 nitrogen and oxygen atoms in total. The zero-order valence-corrected chi connectivity index (χ0v) is 28.5. The van der Waals surface area contributed by atoms with Crippen LogP contribution in [0, 0.1) is 0 Å². The second kappa shape index (κ2) is 17.7. The number of piperazine rings is 1. The highest BCUT2D eigenvalue weighted by molar-refractivity contribution is 5.84. The van der Waals surface area contributed by atoms with E-state index in [1.54, 1.807) is 7.11 Å². The van der Waals surface area contributed by atoms with E-state index in [0.717, 1.165) is 74.8 Å². The van der Waals surface area contributed by atoms with Crippen molar-refractivity contribution >= 4 is 10.8 Å². The minimum Gasteiger partial charge on any atom is -0.496 e. The van der Waals surface area contributed by atoms with Gasteiger partial charge >= 0.3 is 0 Å². The van der Waals surface area contributed by atoms with E-state index in [0.29, 0.717) is 45.0 Å². The molecule has 0 aromatic heterocycles. The number of rotatable bonds is 16. The number of ether oxygens (including phenoxy) is 5. The summed E-state index contributed by atoms with van der Waals surface area (Å²) in [7, 11) is 3.87. The van der Waals surface area contributed by atoms with Crippen LogP contribution in [0.1, 0.15) is 41.9 Å². The molecule has 48 heavy (non-hydrogen) atoms. The van der Waals surface area contributed by atoms with Gasteiger partial charge in [-0.05, 0) is 84.7 Å². The Labute approximate surface area is 285 Å². The molecule has 4 aromatic carbocycles. The van der Waals surface area contributed by atoms with Crippen molar-refractivity contribution in [1.82, 2.24) is 15.5 Å². The van der Waals surface area contributed by atoms with Crippen LogP contribution in [-0.4, -0.2) is 83.7 Å². The lowest BCUT2D eigenvalue weighted by Gasteiger charge is -2.32. The number of hydrogen-bond acceptors (Lipinski definition) is 8. The maximum Gasteiger partial charge on any atom is 0.124 e. The van der Waals surface area contributed by atoms with Crippen LogP contribution in [0.2, 0.25) is 0 Å². The molecule has 0 bridgehead atoms. The van der Waals surface area contributed by atoms with E-state index in [9.17, 15) is 0 Å². The summed E-state index contributed by atoms with van der Waals surface area (Å²) < 4.78 is 30.0. The highest BCUT2D eigenvalue weighted by Gasteiger charge is 2.27. The number of nitrogens with zero attached hydrogens (tertiary/aromatic N) is 1. The molecule has 2 N–H and O–H groups in total. The average Bonchev–Trinajstić information content (AvgIpc) is 3.12. The summed E-state index contributed by atoms with van der Waals surface area (Å²) in [6.45, 7) is 8.13. The van der Waals surface area contributed by atoms with Gasteiger partial charge in [0.05, 0.1) is 46.2 Å². The summed E-state index contributed by atoms with van der Waals surface area (Å²) in [5.74, 6) is 3.00. The minimum absolute atomic E-state index is 0.101. The summed E-state index contributed by atoms with van der Waals surface area (Å²) in [5.41, 5.74) is 3.53. The molecule has 8 heteroatoms. The second-order valence-electron chi connectivity index (χ2n) is 13.0. The molecule has 2 heterocycles. The van der Waals surface area contributed by atoms with Gasteiger partial charge in [0.1, 0.15) is 17.2 Å². The quantitative estimate of drug-likeness (QED) is 0.139. The smallest absolute Gasteiger partial charge is 0.124 e. The summed E-state index contributed by atoms with van der Waals surface area (Å²) in [4.78, 5) is 2.38. The molecule has 0 amide bonds. The van der Waals surface area contributed by atoms with Crippen molar-refractivity contribution in [3.8, 4) is 17.2 Å². The van der Waals surface area contributed by atoms with Crippen LogP contribution >= 0.6 is 0 Å². The van der Waals surface area contributed by atoms with Gasteiger partial charge in [-0.3, -0.25) is 0 Å². The first-order valence-corrected chi connectivity index (χ1v) is 17.5. The lowest BCUT2D eigenvalue weighted by Crippen LogP contribution is -2.49. The predicted molar refractivity (Wildman–Crippen MR) is 191 cm³/mol. The molecule has 2 saturated heterocycles. The van der Waals surface area contributed by atoms with Crippen LogP contribution in [-0.2, 0) is 22.7 Å². The van der Waals surface area contributed by atoms with Crippen molar-refractivity contribution in [1.29, 1.82) is 0 Å². The molecule has 3 atom stereocenters. The highest BCUT2D eigenvalue weighted by Crippen LogP contribution is 2.30. The van der Waals surface area contributed by atoms with Crippen LogP contribution in [0.3, 0.4) is 0 Å². The minimum atomic E-state index is 0.101. The molecule has 0 aliphatic carbocycles. The Bertz CT molecular complexity index is 1560. The first kappa shape index (κ1) is 34.2. The lowest BCUT2D eigenvalue weighted by atomic mass is 9.87. The maximum absolute atomic E-state index is 6.58. The van der Waals surface area contributed by atoms with Gasteiger partial charge in [0.15, 0.2) is 0 Å². The van der Waals surface area contributed by atoms with Crippen molar-refractivity contribution in [3.05, 3.63) is 102 Å². The van der Waals surface area contributed by atoms with Crippen LogP contribution in [0.4, 0.5) is 0 Å². The van der Waals surface area contributed by atoms with E-state index in [4.69, 9.17) is 23.7 Å². The Morgan fingerprint density at radius 3 is 2.52 bits per heavy atom. The zero-order valence-electron chi connectivity index (χ0n) is 28.5. The third-order valence-electron chi connectivity index (χ3n) is 9.42. The van der Waals surface area contributed by atoms with E-state index < -0.39 is 0 Å². The normalized spacial score (nSPS) is 20.1. The molecular formula is C40H51N3O5. The number of likely N-dealkylation sites (N-methyl/N-ethyl adjacent to an activating group) is 1. The SMILES string of the molecule is COc1ccccc1COCCCOc1ccc([C@H]2CCNC[C@@H]2OCc2ccc3ccc(OCCC4CN(C)CCN4)cc3c2)cc1. The molecule has 1 unspecified atom stereocenters. The molecule has 4 aromatic rings. The van der Waals surface area contributed by atoms with Gasteiger partial charge in [-0.15, -0.1) is 0 Å². The molecule has 2 aliphatic rings.